The summed E-state index contributed by atoms with van der Waals surface area (Å²) in [4.78, 5) is 43.4. The fourth-order valence-corrected chi connectivity index (χ4v) is 2.52. The van der Waals surface area contributed by atoms with Crippen LogP contribution in [0.4, 0.5) is 0 Å². The molecule has 232 valence electrons. The maximum absolute atomic E-state index is 11.3. The van der Waals surface area contributed by atoms with Crippen LogP contribution >= 0.6 is 0 Å². The molecule has 0 amide bonds. The van der Waals surface area contributed by atoms with E-state index in [1.807, 2.05) is 74.5 Å². The minimum absolute atomic E-state index is 0.192. The molecule has 0 saturated heterocycles. The van der Waals surface area contributed by atoms with Crippen molar-refractivity contribution < 1.29 is 43.2 Å². The van der Waals surface area contributed by atoms with Crippen LogP contribution in [0.1, 0.15) is 39.7 Å². The van der Waals surface area contributed by atoms with E-state index >= 15 is 0 Å². The lowest BCUT2D eigenvalue weighted by molar-refractivity contribution is -0.141. The summed E-state index contributed by atoms with van der Waals surface area (Å²) in [7, 11) is 0. The molecule has 9 heteroatoms. The number of hydrogen-bond acceptors (Lipinski definition) is 8. The molecule has 2 aromatic rings. The summed E-state index contributed by atoms with van der Waals surface area (Å²) in [5.41, 5.74) is 1.87. The van der Waals surface area contributed by atoms with Gasteiger partial charge in [0.05, 0.1) is 6.61 Å². The van der Waals surface area contributed by atoms with Gasteiger partial charge in [-0.3, -0.25) is 0 Å². The van der Waals surface area contributed by atoms with E-state index in [4.69, 9.17) is 24.1 Å². The van der Waals surface area contributed by atoms with E-state index in [0.717, 1.165) is 17.4 Å². The van der Waals surface area contributed by atoms with Crippen LogP contribution in [0.5, 0.6) is 5.75 Å². The van der Waals surface area contributed by atoms with Crippen LogP contribution < -0.4 is 4.74 Å². The third-order valence-corrected chi connectivity index (χ3v) is 4.90. The number of allylic oxidation sites excluding steroid dienone is 1. The third-order valence-electron chi connectivity index (χ3n) is 4.90. The first-order chi connectivity index (χ1) is 20.4. The lowest BCUT2D eigenvalue weighted by Gasteiger charge is -2.07. The van der Waals surface area contributed by atoms with E-state index in [-0.39, 0.29) is 36.1 Å². The fraction of sp³-hybridized carbons (Fsp3) is 0.294. The fourth-order valence-electron chi connectivity index (χ4n) is 2.52. The van der Waals surface area contributed by atoms with Gasteiger partial charge < -0.3 is 24.1 Å². The first-order valence-electron chi connectivity index (χ1n) is 13.5. The van der Waals surface area contributed by atoms with E-state index in [2.05, 4.69) is 19.7 Å². The van der Waals surface area contributed by atoms with Gasteiger partial charge in [-0.25, -0.2) is 19.2 Å². The zero-order chi connectivity index (χ0) is 32.6. The Balaban J connectivity index is 0.000000618. The Morgan fingerprint density at radius 1 is 0.837 bits per heavy atom. The van der Waals surface area contributed by atoms with Gasteiger partial charge in [0.25, 0.3) is 0 Å². The molecule has 0 aliphatic carbocycles. The number of para-hydroxylation sites is 1. The highest BCUT2D eigenvalue weighted by atomic mass is 16.6. The molecule has 0 bridgehead atoms. The summed E-state index contributed by atoms with van der Waals surface area (Å²) < 4.78 is 19.9. The number of carboxylic acid groups (broad SMARTS) is 1. The van der Waals surface area contributed by atoms with Crippen LogP contribution in [-0.2, 0) is 40.0 Å². The lowest BCUT2D eigenvalue weighted by Crippen LogP contribution is -2.11. The summed E-state index contributed by atoms with van der Waals surface area (Å²) in [5, 5.41) is 8.60. The van der Waals surface area contributed by atoms with Crippen molar-refractivity contribution in [1.29, 1.82) is 0 Å². The van der Waals surface area contributed by atoms with E-state index < -0.39 is 17.9 Å². The van der Waals surface area contributed by atoms with Crippen molar-refractivity contribution in [3.63, 3.8) is 0 Å². The Hall–Kier alpha value is -4.92. The third kappa shape index (κ3) is 20.6. The normalized spacial score (nSPS) is 10.0. The highest BCUT2D eigenvalue weighted by molar-refractivity contribution is 5.89. The van der Waals surface area contributed by atoms with Gasteiger partial charge in [0.1, 0.15) is 25.6 Å². The second-order valence-corrected chi connectivity index (χ2v) is 9.37. The van der Waals surface area contributed by atoms with Crippen LogP contribution in [0.3, 0.4) is 0 Å². The number of ether oxygens (including phenoxy) is 4. The SMILES string of the molecule is C=C(C)C(=O)OCc1ccccc1.C=C(CC=C(C)C(=O)O)C(=O)OCC(C)C.C=CC(=O)OCCOc1ccccc1. The van der Waals surface area contributed by atoms with Crippen LogP contribution in [0.2, 0.25) is 0 Å². The molecule has 0 unspecified atom stereocenters. The first-order valence-corrected chi connectivity index (χ1v) is 13.5. The van der Waals surface area contributed by atoms with E-state index in [1.165, 1.54) is 13.0 Å². The minimum atomic E-state index is -0.997. The van der Waals surface area contributed by atoms with Gasteiger partial charge in [-0.1, -0.05) is 88.2 Å². The Morgan fingerprint density at radius 3 is 1.93 bits per heavy atom. The molecule has 9 nitrogen and oxygen atoms in total. The average molecular weight is 595 g/mol. The largest absolute Gasteiger partial charge is 0.490 e. The molecule has 43 heavy (non-hydrogen) atoms. The Labute approximate surface area is 254 Å². The van der Waals surface area contributed by atoms with Crippen molar-refractivity contribution in [2.75, 3.05) is 19.8 Å². The smallest absolute Gasteiger partial charge is 0.333 e. The van der Waals surface area contributed by atoms with Crippen LogP contribution in [0.25, 0.3) is 0 Å². The molecule has 0 aromatic heterocycles. The highest BCUT2D eigenvalue weighted by Gasteiger charge is 2.09. The molecule has 2 rings (SSSR count). The van der Waals surface area contributed by atoms with E-state index in [1.54, 1.807) is 6.92 Å². The molecule has 2 aromatic carbocycles. The van der Waals surface area contributed by atoms with Crippen LogP contribution in [0, 0.1) is 5.92 Å². The highest BCUT2D eigenvalue weighted by Crippen LogP contribution is 2.08. The van der Waals surface area contributed by atoms with Gasteiger partial charge in [0, 0.05) is 22.8 Å². The molecule has 0 saturated carbocycles. The van der Waals surface area contributed by atoms with Crippen molar-refractivity contribution in [2.45, 2.75) is 40.7 Å². The number of esters is 3. The zero-order valence-corrected chi connectivity index (χ0v) is 25.4. The molecule has 0 radical (unpaired) electrons. The van der Waals surface area contributed by atoms with Crippen molar-refractivity contribution in [3.05, 3.63) is 115 Å². The molecule has 0 spiro atoms. The summed E-state index contributed by atoms with van der Waals surface area (Å²) in [6.07, 6.45) is 2.78. The molecule has 0 heterocycles. The zero-order valence-electron chi connectivity index (χ0n) is 25.4. The molecular formula is C34H42O9. The second-order valence-electron chi connectivity index (χ2n) is 9.37. The van der Waals surface area contributed by atoms with Gasteiger partial charge >= 0.3 is 23.9 Å². The maximum Gasteiger partial charge on any atom is 0.333 e. The van der Waals surface area contributed by atoms with Crippen LogP contribution in [-0.4, -0.2) is 48.8 Å². The summed E-state index contributed by atoms with van der Waals surface area (Å²) in [6.45, 7) is 18.5. The molecule has 0 fully saturated rings. The molecule has 1 N–H and O–H groups in total. The quantitative estimate of drug-likeness (QED) is 0.117. The van der Waals surface area contributed by atoms with Gasteiger partial charge in [-0.05, 0) is 43.9 Å². The second kappa shape index (κ2) is 22.7. The number of rotatable bonds is 14. The maximum atomic E-state index is 11.3. The van der Waals surface area contributed by atoms with Gasteiger partial charge in [0.2, 0.25) is 0 Å². The molecule has 0 atom stereocenters. The lowest BCUT2D eigenvalue weighted by atomic mass is 10.1. The summed E-state index contributed by atoms with van der Waals surface area (Å²) in [5.74, 6) is -1.20. The average Bonchev–Trinajstić information content (AvgIpc) is 3.00. The number of carboxylic acids is 1. The monoisotopic (exact) mass is 594 g/mol. The Kier molecular flexibility index (Phi) is 20.1. The van der Waals surface area contributed by atoms with Gasteiger partial charge in [-0.2, -0.15) is 0 Å². The number of benzene rings is 2. The summed E-state index contributed by atoms with van der Waals surface area (Å²) >= 11 is 0. The number of carbonyl (C=O) groups is 4. The number of hydrogen-bond donors (Lipinski definition) is 1. The number of aliphatic carboxylic acids is 1. The van der Waals surface area contributed by atoms with Crippen molar-refractivity contribution in [2.24, 2.45) is 5.92 Å². The molecule has 0 aliphatic heterocycles. The van der Waals surface area contributed by atoms with E-state index in [0.29, 0.717) is 25.4 Å². The van der Waals surface area contributed by atoms with Gasteiger partial charge in [0.15, 0.2) is 0 Å². The topological polar surface area (TPSA) is 125 Å². The molecule has 0 aliphatic rings. The van der Waals surface area contributed by atoms with Crippen molar-refractivity contribution >= 4 is 23.9 Å². The summed E-state index contributed by atoms with van der Waals surface area (Å²) in [6, 6.07) is 18.9. The first kappa shape index (κ1) is 38.1. The Morgan fingerprint density at radius 2 is 1.42 bits per heavy atom. The predicted octanol–water partition coefficient (Wildman–Crippen LogP) is 6.26. The van der Waals surface area contributed by atoms with E-state index in [9.17, 15) is 19.2 Å². The van der Waals surface area contributed by atoms with Crippen molar-refractivity contribution in [3.8, 4) is 5.75 Å². The predicted molar refractivity (Wildman–Crippen MR) is 165 cm³/mol. The number of carbonyl (C=O) groups excluding carboxylic acids is 3. The van der Waals surface area contributed by atoms with Gasteiger partial charge in [-0.15, -0.1) is 0 Å². The minimum Gasteiger partial charge on any atom is -0.490 e. The van der Waals surface area contributed by atoms with Crippen LogP contribution in [0.15, 0.2) is 109 Å². The molecular weight excluding hydrogens is 552 g/mol. The van der Waals surface area contributed by atoms with Crippen molar-refractivity contribution in [1.82, 2.24) is 0 Å². The Bertz CT molecular complexity index is 1210. The standard InChI is InChI=1S/C12H18O4.C11H12O3.C11H12O2/c1-8(2)7-16-12(15)10(4)6-5-9(3)11(13)14;1-2-11(12)14-9-8-13-10-6-4-3-5-7-10;1-9(2)11(12)13-8-10-6-4-3-5-7-10/h5,8H,4,6-7H2,1-3H3,(H,13,14);2-7H,1,8-9H2;3-7H,1,8H2,2H3.